The van der Waals surface area contributed by atoms with Gasteiger partial charge in [-0.1, -0.05) is 171 Å². The first-order chi connectivity index (χ1) is 42.1. The minimum absolute atomic E-state index is 0.467. The van der Waals surface area contributed by atoms with Crippen LogP contribution in [0, 0.1) is 5.92 Å². The van der Waals surface area contributed by atoms with E-state index in [9.17, 15) is 0 Å². The molecule has 5 heteroatoms. The predicted molar refractivity (Wildman–Crippen MR) is 356 cm³/mol. The van der Waals surface area contributed by atoms with Gasteiger partial charge in [0, 0.05) is 78.6 Å². The molecular formula is C80H59N5. The van der Waals surface area contributed by atoms with Crippen LogP contribution in [0.15, 0.2) is 291 Å². The maximum Gasteiger partial charge on any atom is 0.0755 e. The van der Waals surface area contributed by atoms with Gasteiger partial charge in [-0.05, 0) is 192 Å². The second-order valence-corrected chi connectivity index (χ2v) is 23.2. The zero-order valence-corrected chi connectivity index (χ0v) is 47.2. The van der Waals surface area contributed by atoms with Crippen LogP contribution in [0.3, 0.4) is 0 Å². The fourth-order valence-corrected chi connectivity index (χ4v) is 14.9. The Bertz CT molecular complexity index is 4840. The Hall–Kier alpha value is -10.6. The van der Waals surface area contributed by atoms with Gasteiger partial charge in [0.2, 0.25) is 0 Å². The average Bonchev–Trinajstić information content (AvgIpc) is 1.67. The van der Waals surface area contributed by atoms with E-state index in [-0.39, 0.29) is 0 Å². The minimum Gasteiger partial charge on any atom is -0.313 e. The van der Waals surface area contributed by atoms with Gasteiger partial charge in [0.15, 0.2) is 0 Å². The number of allylic oxidation sites excluding steroid dienone is 5. The lowest BCUT2D eigenvalue weighted by Crippen LogP contribution is -2.36. The van der Waals surface area contributed by atoms with E-state index >= 15 is 0 Å². The lowest BCUT2D eigenvalue weighted by Gasteiger charge is -2.45. The number of hydrogen-bond acceptors (Lipinski definition) is 3. The molecule has 0 bridgehead atoms. The third kappa shape index (κ3) is 7.49. The van der Waals surface area contributed by atoms with Gasteiger partial charge in [-0.2, -0.15) is 0 Å². The number of hydrogen-bond donors (Lipinski definition) is 0. The largest absolute Gasteiger partial charge is 0.313 e. The molecule has 404 valence electrons. The van der Waals surface area contributed by atoms with Crippen molar-refractivity contribution in [1.29, 1.82) is 0 Å². The molecule has 85 heavy (non-hydrogen) atoms. The van der Waals surface area contributed by atoms with Crippen molar-refractivity contribution < 1.29 is 0 Å². The third-order valence-electron chi connectivity index (χ3n) is 18.4. The molecule has 5 nitrogen and oxygen atoms in total. The van der Waals surface area contributed by atoms with Crippen LogP contribution in [0.1, 0.15) is 53.3 Å². The Balaban J connectivity index is 0.904. The van der Waals surface area contributed by atoms with E-state index in [1.807, 2.05) is 0 Å². The lowest BCUT2D eigenvalue weighted by atomic mass is 9.64. The molecule has 0 fully saturated rings. The second kappa shape index (κ2) is 19.5. The summed E-state index contributed by atoms with van der Waals surface area (Å²) in [6, 6.07) is 99.7. The third-order valence-corrected chi connectivity index (χ3v) is 18.4. The number of para-hydroxylation sites is 7. The molecule has 4 aliphatic rings. The van der Waals surface area contributed by atoms with Gasteiger partial charge in [0.25, 0.3) is 0 Å². The normalized spacial score (nSPS) is 15.1. The number of rotatable bonds is 9. The number of anilines is 9. The molecule has 17 rings (SSSR count). The van der Waals surface area contributed by atoms with Crippen molar-refractivity contribution >= 4 is 95.7 Å². The molecule has 1 aliphatic heterocycles. The van der Waals surface area contributed by atoms with Crippen molar-refractivity contribution in [2.75, 3.05) is 14.7 Å². The maximum atomic E-state index is 2.53. The summed E-state index contributed by atoms with van der Waals surface area (Å²) < 4.78 is 4.94. The summed E-state index contributed by atoms with van der Waals surface area (Å²) in [4.78, 5) is 7.42. The highest BCUT2D eigenvalue weighted by Crippen LogP contribution is 2.65. The molecule has 0 radical (unpaired) electrons. The summed E-state index contributed by atoms with van der Waals surface area (Å²) in [5.41, 5.74) is 25.4. The Morgan fingerprint density at radius 3 is 1.49 bits per heavy atom. The first kappa shape index (κ1) is 49.0. The Kier molecular flexibility index (Phi) is 11.3. The first-order valence-corrected chi connectivity index (χ1v) is 30.0. The van der Waals surface area contributed by atoms with Gasteiger partial charge in [-0.25, -0.2) is 0 Å². The highest BCUT2D eigenvalue weighted by Gasteiger charge is 2.52. The van der Waals surface area contributed by atoms with E-state index in [0.717, 1.165) is 70.4 Å². The topological polar surface area (TPSA) is 19.6 Å². The van der Waals surface area contributed by atoms with E-state index in [0.29, 0.717) is 5.92 Å². The molecule has 11 aromatic carbocycles. The van der Waals surface area contributed by atoms with E-state index in [1.165, 1.54) is 88.7 Å². The first-order valence-electron chi connectivity index (χ1n) is 30.0. The van der Waals surface area contributed by atoms with Gasteiger partial charge in [-0.15, -0.1) is 0 Å². The maximum absolute atomic E-state index is 2.53. The lowest BCUT2D eigenvalue weighted by molar-refractivity contribution is 0.735. The van der Waals surface area contributed by atoms with Crippen LogP contribution < -0.4 is 14.7 Å². The fourth-order valence-electron chi connectivity index (χ4n) is 14.9. The standard InChI is InChI=1S/C80H59N5/c1-54-23-22-32-59(49-54)85-75-38-19-15-34-67(75)69-51-61(44-48-77(69)85)82(56-26-8-3-9-27-56)63-42-46-65-64-45-41-62(52-72(64)80(73(65)53-63)70-35-16-20-39-78(70)84(58-30-12-5-13-31-58)79-40-21-17-36-71(79)80)81(55-24-6-2-7-25-55)60-43-47-76-68(50-60)66-33-14-18-37-74(66)83(76)57-28-10-4-11-29-57/h2-17,19-22,24-36,38-54H,18,23,37H2,1H3. The predicted octanol–water partition coefficient (Wildman–Crippen LogP) is 21.2. The number of fused-ring (bicyclic) bond motifs is 15. The molecule has 1 atom stereocenters. The molecule has 1 spiro atoms. The van der Waals surface area contributed by atoms with Crippen LogP contribution in [0.4, 0.5) is 51.2 Å². The van der Waals surface area contributed by atoms with Gasteiger partial charge < -0.3 is 23.8 Å². The van der Waals surface area contributed by atoms with Crippen molar-refractivity contribution in [1.82, 2.24) is 9.13 Å². The van der Waals surface area contributed by atoms with Gasteiger partial charge >= 0.3 is 0 Å². The Labute approximate surface area is 495 Å². The highest BCUT2D eigenvalue weighted by atomic mass is 15.2. The minimum atomic E-state index is -0.754. The smallest absolute Gasteiger partial charge is 0.0755 e. The summed E-state index contributed by atoms with van der Waals surface area (Å²) in [5, 5.41) is 3.72. The second-order valence-electron chi connectivity index (χ2n) is 23.2. The molecule has 0 saturated heterocycles. The molecule has 13 aromatic rings. The van der Waals surface area contributed by atoms with Crippen molar-refractivity contribution in [2.45, 2.75) is 31.6 Å². The fraction of sp³-hybridized carbons (Fsp3) is 0.0750. The van der Waals surface area contributed by atoms with Crippen LogP contribution in [0.5, 0.6) is 0 Å². The van der Waals surface area contributed by atoms with Crippen molar-refractivity contribution in [3.63, 3.8) is 0 Å². The molecule has 0 amide bonds. The summed E-state index contributed by atoms with van der Waals surface area (Å²) in [6.45, 7) is 2.31. The molecule has 0 saturated carbocycles. The summed E-state index contributed by atoms with van der Waals surface area (Å²) in [6.07, 6.45) is 14.8. The quantitative estimate of drug-likeness (QED) is 0.144. The van der Waals surface area contributed by atoms with Crippen molar-refractivity contribution in [2.24, 2.45) is 5.92 Å². The van der Waals surface area contributed by atoms with Gasteiger partial charge in [0.1, 0.15) is 0 Å². The van der Waals surface area contributed by atoms with Gasteiger partial charge in [-0.3, -0.25) is 0 Å². The zero-order chi connectivity index (χ0) is 56.2. The van der Waals surface area contributed by atoms with E-state index in [1.54, 1.807) is 0 Å². The molecule has 0 N–H and O–H groups in total. The number of nitrogens with zero attached hydrogens (tertiary/aromatic N) is 5. The van der Waals surface area contributed by atoms with Crippen LogP contribution in [0.25, 0.3) is 61.3 Å². The Morgan fingerprint density at radius 2 is 0.882 bits per heavy atom. The summed E-state index contributed by atoms with van der Waals surface area (Å²) in [7, 11) is 0. The van der Waals surface area contributed by atoms with E-state index < -0.39 is 5.41 Å². The van der Waals surface area contributed by atoms with E-state index in [4.69, 9.17) is 0 Å². The molecule has 1 unspecified atom stereocenters. The Morgan fingerprint density at radius 1 is 0.388 bits per heavy atom. The van der Waals surface area contributed by atoms with Crippen LogP contribution >= 0.6 is 0 Å². The molecule has 3 heterocycles. The highest BCUT2D eigenvalue weighted by molar-refractivity contribution is 6.12. The van der Waals surface area contributed by atoms with Crippen LogP contribution in [-0.2, 0) is 11.8 Å². The van der Waals surface area contributed by atoms with Crippen LogP contribution in [0.2, 0.25) is 0 Å². The summed E-state index contributed by atoms with van der Waals surface area (Å²) >= 11 is 0. The van der Waals surface area contributed by atoms with Gasteiger partial charge in [0.05, 0.1) is 33.3 Å². The number of aromatic nitrogens is 2. The van der Waals surface area contributed by atoms with E-state index in [2.05, 4.69) is 328 Å². The molecule has 3 aliphatic carbocycles. The molecule has 2 aromatic heterocycles. The van der Waals surface area contributed by atoms with Crippen molar-refractivity contribution in [3.05, 3.63) is 325 Å². The molecular weight excluding hydrogens is 1030 g/mol. The average molecular weight is 1090 g/mol. The zero-order valence-electron chi connectivity index (χ0n) is 47.2. The summed E-state index contributed by atoms with van der Waals surface area (Å²) in [5.74, 6) is 0.467. The van der Waals surface area contributed by atoms with Crippen LogP contribution in [-0.4, -0.2) is 9.13 Å². The number of benzene rings is 11. The SMILES string of the molecule is CC1C=C(n2c3ccccc3c3cc(N(c4ccccc4)c4ccc5c(c4)C4(c6cc(N(c7ccccc7)c7ccc8c(c7)c7c(n8-c8ccccc8)CCC=C7)ccc6-5)c5ccccc5N(c5ccccc5)c5ccccc54)ccc32)C=CC1. The van der Waals surface area contributed by atoms with Crippen molar-refractivity contribution in [3.8, 4) is 16.8 Å². The monoisotopic (exact) mass is 1090 g/mol.